The van der Waals surface area contributed by atoms with Crippen LogP contribution in [-0.2, 0) is 17.8 Å². The zero-order valence-corrected chi connectivity index (χ0v) is 18.1. The summed E-state index contributed by atoms with van der Waals surface area (Å²) in [5.41, 5.74) is 2.32. The number of carbonyl (C=O) groups is 1. The van der Waals surface area contributed by atoms with E-state index in [1.54, 1.807) is 0 Å². The minimum Gasteiger partial charge on any atom is -0.302 e. The number of nitrogens with one attached hydrogen (secondary N) is 1. The van der Waals surface area contributed by atoms with Crippen LogP contribution in [-0.4, -0.2) is 36.6 Å². The number of thioether (sulfide) groups is 1. The van der Waals surface area contributed by atoms with E-state index in [9.17, 15) is 4.79 Å². The molecule has 1 amide bonds. The van der Waals surface area contributed by atoms with Crippen LogP contribution in [0.15, 0.2) is 29.4 Å². The molecule has 148 valence electrons. The van der Waals surface area contributed by atoms with Crippen molar-refractivity contribution in [2.24, 2.45) is 0 Å². The van der Waals surface area contributed by atoms with Gasteiger partial charge in [-0.05, 0) is 24.8 Å². The smallest absolute Gasteiger partial charge is 0.236 e. The van der Waals surface area contributed by atoms with E-state index in [2.05, 4.69) is 63.8 Å². The Morgan fingerprint density at radius 2 is 1.89 bits per heavy atom. The van der Waals surface area contributed by atoms with Crippen molar-refractivity contribution < 1.29 is 4.79 Å². The molecule has 2 heterocycles. The topological polar surface area (TPSA) is 85.6 Å². The summed E-state index contributed by atoms with van der Waals surface area (Å²) in [7, 11) is 0. The number of rotatable bonds is 8. The van der Waals surface area contributed by atoms with Gasteiger partial charge in [0.25, 0.3) is 0 Å². The Hall–Kier alpha value is -2.26. The number of amides is 1. The molecule has 0 bridgehead atoms. The Kier molecular flexibility index (Phi) is 6.79. The first kappa shape index (κ1) is 20.5. The zero-order chi connectivity index (χ0) is 20.1. The number of carbonyl (C=O) groups excluding carboxylic acids is 1. The molecule has 3 aromatic rings. The Morgan fingerprint density at radius 1 is 1.14 bits per heavy atom. The predicted octanol–water partition coefficient (Wildman–Crippen LogP) is 4.23. The largest absolute Gasteiger partial charge is 0.302 e. The maximum atomic E-state index is 12.2. The highest BCUT2D eigenvalue weighted by atomic mass is 32.2. The molecule has 3 rings (SSSR count). The first-order valence-electron chi connectivity index (χ1n) is 9.30. The quantitative estimate of drug-likeness (QED) is 0.553. The lowest BCUT2D eigenvalue weighted by atomic mass is 10.0. The lowest BCUT2D eigenvalue weighted by Crippen LogP contribution is -2.14. The van der Waals surface area contributed by atoms with Gasteiger partial charge in [0.2, 0.25) is 11.0 Å². The molecule has 0 aliphatic heterocycles. The highest BCUT2D eigenvalue weighted by molar-refractivity contribution is 7.99. The number of hydrogen-bond donors (Lipinski definition) is 1. The zero-order valence-electron chi connectivity index (χ0n) is 16.5. The maximum Gasteiger partial charge on any atom is 0.236 e. The molecule has 0 atom stereocenters. The van der Waals surface area contributed by atoms with Gasteiger partial charge in [-0.15, -0.1) is 20.4 Å². The van der Waals surface area contributed by atoms with E-state index in [1.807, 2.05) is 18.4 Å². The van der Waals surface area contributed by atoms with Crippen LogP contribution in [0.2, 0.25) is 0 Å². The van der Waals surface area contributed by atoms with Crippen molar-refractivity contribution in [3.63, 3.8) is 0 Å². The van der Waals surface area contributed by atoms with Crippen LogP contribution in [0.4, 0.5) is 5.13 Å². The number of benzene rings is 1. The van der Waals surface area contributed by atoms with E-state index >= 15 is 0 Å². The van der Waals surface area contributed by atoms with Gasteiger partial charge < -0.3 is 4.57 Å². The van der Waals surface area contributed by atoms with Crippen LogP contribution >= 0.6 is 23.1 Å². The predicted molar refractivity (Wildman–Crippen MR) is 114 cm³/mol. The molecule has 2 aromatic heterocycles. The van der Waals surface area contributed by atoms with E-state index in [1.165, 1.54) is 28.7 Å². The molecule has 0 saturated heterocycles. The Labute approximate surface area is 173 Å². The fourth-order valence-corrected chi connectivity index (χ4v) is 4.14. The lowest BCUT2D eigenvalue weighted by Gasteiger charge is -2.09. The van der Waals surface area contributed by atoms with Gasteiger partial charge in [-0.1, -0.05) is 68.1 Å². The van der Waals surface area contributed by atoms with Gasteiger partial charge in [-0.2, -0.15) is 0 Å². The molecule has 28 heavy (non-hydrogen) atoms. The third-order valence-corrected chi connectivity index (χ3v) is 6.17. The summed E-state index contributed by atoms with van der Waals surface area (Å²) in [5, 5.41) is 21.6. The summed E-state index contributed by atoms with van der Waals surface area (Å²) >= 11 is 2.77. The number of aromatic nitrogens is 5. The van der Waals surface area contributed by atoms with Gasteiger partial charge in [0.15, 0.2) is 11.0 Å². The van der Waals surface area contributed by atoms with Crippen LogP contribution < -0.4 is 5.32 Å². The number of aryl methyl sites for hydroxylation is 1. The Bertz CT molecular complexity index is 932. The van der Waals surface area contributed by atoms with Crippen LogP contribution in [0.3, 0.4) is 0 Å². The number of anilines is 1. The second-order valence-electron chi connectivity index (χ2n) is 6.52. The third kappa shape index (κ3) is 4.77. The maximum absolute atomic E-state index is 12.2. The van der Waals surface area contributed by atoms with Crippen molar-refractivity contribution >= 4 is 34.1 Å². The van der Waals surface area contributed by atoms with Gasteiger partial charge in [-0.3, -0.25) is 10.1 Å². The van der Waals surface area contributed by atoms with Crippen molar-refractivity contribution in [1.29, 1.82) is 0 Å². The van der Waals surface area contributed by atoms with Gasteiger partial charge >= 0.3 is 0 Å². The summed E-state index contributed by atoms with van der Waals surface area (Å²) in [6.07, 6.45) is 0.808. The average molecular weight is 417 g/mol. The summed E-state index contributed by atoms with van der Waals surface area (Å²) in [4.78, 5) is 12.2. The van der Waals surface area contributed by atoms with Crippen molar-refractivity contribution in [1.82, 2.24) is 25.0 Å². The molecule has 1 N–H and O–H groups in total. The standard InChI is InChI=1S/C19H24N6OS2/c1-5-16-21-23-18(28-16)20-15(26)11-27-19-24-22-17(25(19)6-2)14-9-7-13(8-10-14)12(3)4/h7-10,12H,5-6,11H2,1-4H3,(H,20,23,26). The molecule has 0 saturated carbocycles. The lowest BCUT2D eigenvalue weighted by molar-refractivity contribution is -0.113. The van der Waals surface area contributed by atoms with Crippen LogP contribution in [0.25, 0.3) is 11.4 Å². The number of nitrogens with zero attached hydrogens (tertiary/aromatic N) is 5. The van der Waals surface area contributed by atoms with Crippen LogP contribution in [0, 0.1) is 0 Å². The normalized spacial score (nSPS) is 11.2. The Morgan fingerprint density at radius 3 is 2.50 bits per heavy atom. The van der Waals surface area contributed by atoms with Crippen LogP contribution in [0.5, 0.6) is 0 Å². The molecule has 0 aliphatic rings. The summed E-state index contributed by atoms with van der Waals surface area (Å²) < 4.78 is 2.03. The molecule has 0 spiro atoms. The molecule has 0 radical (unpaired) electrons. The van der Waals surface area contributed by atoms with Gasteiger partial charge in [0.05, 0.1) is 5.75 Å². The van der Waals surface area contributed by atoms with Crippen molar-refractivity contribution in [2.45, 2.75) is 51.7 Å². The molecule has 0 unspecified atom stereocenters. The minimum absolute atomic E-state index is 0.128. The molecule has 7 nitrogen and oxygen atoms in total. The second kappa shape index (κ2) is 9.29. The fourth-order valence-electron chi connectivity index (χ4n) is 2.64. The van der Waals surface area contributed by atoms with Gasteiger partial charge in [-0.25, -0.2) is 0 Å². The van der Waals surface area contributed by atoms with Crippen molar-refractivity contribution in [3.05, 3.63) is 34.8 Å². The van der Waals surface area contributed by atoms with E-state index in [0.717, 1.165) is 34.5 Å². The second-order valence-corrected chi connectivity index (χ2v) is 8.52. The molecular formula is C19H24N6OS2. The molecule has 0 aliphatic carbocycles. The van der Waals surface area contributed by atoms with Gasteiger partial charge in [0, 0.05) is 12.1 Å². The van der Waals surface area contributed by atoms with Crippen LogP contribution in [0.1, 0.15) is 44.2 Å². The monoisotopic (exact) mass is 416 g/mol. The van der Waals surface area contributed by atoms with E-state index < -0.39 is 0 Å². The molecular weight excluding hydrogens is 392 g/mol. The summed E-state index contributed by atoms with van der Waals surface area (Å²) in [5.74, 6) is 1.42. The summed E-state index contributed by atoms with van der Waals surface area (Å²) in [6.45, 7) is 9.14. The SMILES string of the molecule is CCc1nnc(NC(=O)CSc2nnc(-c3ccc(C(C)C)cc3)n2CC)s1. The van der Waals surface area contributed by atoms with Crippen molar-refractivity contribution in [3.8, 4) is 11.4 Å². The van der Waals surface area contributed by atoms with Gasteiger partial charge in [0.1, 0.15) is 5.01 Å². The molecule has 9 heteroatoms. The average Bonchev–Trinajstić information content (AvgIpc) is 3.32. The highest BCUT2D eigenvalue weighted by Gasteiger charge is 2.15. The van der Waals surface area contributed by atoms with E-state index in [-0.39, 0.29) is 11.7 Å². The van der Waals surface area contributed by atoms with E-state index in [4.69, 9.17) is 0 Å². The third-order valence-electron chi connectivity index (χ3n) is 4.22. The minimum atomic E-state index is -0.128. The van der Waals surface area contributed by atoms with E-state index in [0.29, 0.717) is 11.0 Å². The Balaban J connectivity index is 1.67. The molecule has 1 aromatic carbocycles. The first-order valence-corrected chi connectivity index (χ1v) is 11.1. The molecule has 0 fully saturated rings. The van der Waals surface area contributed by atoms with Crippen molar-refractivity contribution in [2.75, 3.05) is 11.1 Å². The highest BCUT2D eigenvalue weighted by Crippen LogP contribution is 2.26. The number of hydrogen-bond acceptors (Lipinski definition) is 7. The fraction of sp³-hybridized carbons (Fsp3) is 0.421. The first-order chi connectivity index (χ1) is 13.5. The summed E-state index contributed by atoms with van der Waals surface area (Å²) in [6, 6.07) is 8.41.